The molecule has 0 unspecified atom stereocenters. The lowest BCUT2D eigenvalue weighted by Crippen LogP contribution is -1.87. The number of halogens is 1. The zero-order chi connectivity index (χ0) is 13.2. The number of benzene rings is 1. The summed E-state index contributed by atoms with van der Waals surface area (Å²) < 4.78 is 0.851. The number of rotatable bonds is 3. The molecule has 0 aliphatic carbocycles. The smallest absolute Gasteiger partial charge is 0.0935 e. The maximum atomic E-state index is 5.99. The van der Waals surface area contributed by atoms with Crippen molar-refractivity contribution >= 4 is 34.3 Å². The van der Waals surface area contributed by atoms with Gasteiger partial charge < -0.3 is 0 Å². The van der Waals surface area contributed by atoms with Crippen molar-refractivity contribution in [3.8, 4) is 9.75 Å². The molecule has 1 aromatic carbocycles. The van der Waals surface area contributed by atoms with Gasteiger partial charge in [-0.05, 0) is 42.3 Å². The summed E-state index contributed by atoms with van der Waals surface area (Å²) in [4.78, 5) is 3.96. The summed E-state index contributed by atoms with van der Waals surface area (Å²) in [6.45, 7) is 2.17. The quantitative estimate of drug-likeness (QED) is 0.554. The van der Waals surface area contributed by atoms with Crippen LogP contribution in [0.1, 0.15) is 16.0 Å². The first-order chi connectivity index (χ1) is 9.22. The van der Waals surface area contributed by atoms with Crippen LogP contribution in [0, 0.1) is 6.92 Å². The Balaban J connectivity index is 1.84. The molecule has 3 heteroatoms. The zero-order valence-electron chi connectivity index (χ0n) is 10.5. The van der Waals surface area contributed by atoms with Gasteiger partial charge in [-0.1, -0.05) is 35.9 Å². The van der Waals surface area contributed by atoms with Gasteiger partial charge in [0.05, 0.1) is 4.34 Å². The first-order valence-electron chi connectivity index (χ1n) is 6.11. The monoisotopic (exact) mass is 304 g/mol. The highest BCUT2D eigenvalue weighted by molar-refractivity contribution is 7.24. The second-order valence-electron chi connectivity index (χ2n) is 4.47. The third kappa shape index (κ3) is 2.92. The maximum absolute atomic E-state index is 5.99. The molecule has 0 fully saturated rings. The molecule has 0 saturated heterocycles. The van der Waals surface area contributed by atoms with Crippen molar-refractivity contribution in [2.24, 2.45) is 0 Å². The molecule has 2 heterocycles. The minimum absolute atomic E-state index is 0.851. The summed E-state index contributed by atoms with van der Waals surface area (Å²) >= 11 is 9.48. The van der Waals surface area contributed by atoms with E-state index in [1.165, 1.54) is 25.8 Å². The van der Waals surface area contributed by atoms with Gasteiger partial charge in [0.15, 0.2) is 0 Å². The highest BCUT2D eigenvalue weighted by Crippen LogP contribution is 2.36. The number of hydrogen-bond donors (Lipinski definition) is 0. The molecule has 0 atom stereocenters. The van der Waals surface area contributed by atoms with Crippen molar-refractivity contribution in [3.05, 3.63) is 68.9 Å². The molecule has 0 bridgehead atoms. The Bertz CT molecular complexity index is 694. The molecule has 0 aliphatic rings. The van der Waals surface area contributed by atoms with Crippen molar-refractivity contribution in [1.82, 2.24) is 0 Å². The van der Waals surface area contributed by atoms with Crippen molar-refractivity contribution < 1.29 is 0 Å². The average molecular weight is 305 g/mol. The molecule has 19 heavy (non-hydrogen) atoms. The Morgan fingerprint density at radius 3 is 2.37 bits per heavy atom. The summed E-state index contributed by atoms with van der Waals surface area (Å²) in [7, 11) is 0. The van der Waals surface area contributed by atoms with Crippen LogP contribution in [0.25, 0.3) is 9.75 Å². The molecular formula is C16H13ClS2. The topological polar surface area (TPSA) is 0 Å². The SMILES string of the molecule is Cc1ccccc1Cc1ccc(-c2ccc(Cl)s2)s1. The maximum Gasteiger partial charge on any atom is 0.0935 e. The van der Waals surface area contributed by atoms with Gasteiger partial charge in [-0.3, -0.25) is 0 Å². The summed E-state index contributed by atoms with van der Waals surface area (Å²) in [6.07, 6.45) is 1.01. The lowest BCUT2D eigenvalue weighted by atomic mass is 10.1. The van der Waals surface area contributed by atoms with E-state index in [2.05, 4.69) is 49.4 Å². The van der Waals surface area contributed by atoms with Crippen molar-refractivity contribution in [3.63, 3.8) is 0 Å². The van der Waals surface area contributed by atoms with Crippen LogP contribution in [0.3, 0.4) is 0 Å². The van der Waals surface area contributed by atoms with E-state index in [1.807, 2.05) is 17.4 Å². The normalized spacial score (nSPS) is 10.8. The van der Waals surface area contributed by atoms with E-state index in [4.69, 9.17) is 11.6 Å². The minimum atomic E-state index is 0.851. The van der Waals surface area contributed by atoms with Gasteiger partial charge in [0, 0.05) is 21.1 Å². The van der Waals surface area contributed by atoms with E-state index < -0.39 is 0 Å². The van der Waals surface area contributed by atoms with Crippen LogP contribution >= 0.6 is 34.3 Å². The second kappa shape index (κ2) is 5.49. The highest BCUT2D eigenvalue weighted by atomic mass is 35.5. The number of aryl methyl sites for hydroxylation is 1. The molecular weight excluding hydrogens is 292 g/mol. The van der Waals surface area contributed by atoms with Gasteiger partial charge in [-0.15, -0.1) is 22.7 Å². The van der Waals surface area contributed by atoms with Crippen molar-refractivity contribution in [1.29, 1.82) is 0 Å². The Hall–Kier alpha value is -1.09. The molecule has 3 aromatic rings. The molecule has 0 amide bonds. The van der Waals surface area contributed by atoms with Gasteiger partial charge in [-0.2, -0.15) is 0 Å². The predicted octanol–water partition coefficient (Wildman–Crippen LogP) is 6.03. The number of thiophene rings is 2. The van der Waals surface area contributed by atoms with Crippen molar-refractivity contribution in [2.75, 3.05) is 0 Å². The van der Waals surface area contributed by atoms with E-state index in [0.717, 1.165) is 10.8 Å². The van der Waals surface area contributed by atoms with Gasteiger partial charge in [0.2, 0.25) is 0 Å². The highest BCUT2D eigenvalue weighted by Gasteiger charge is 2.07. The predicted molar refractivity (Wildman–Crippen MR) is 86.6 cm³/mol. The van der Waals surface area contributed by atoms with Crippen LogP contribution in [-0.4, -0.2) is 0 Å². The van der Waals surface area contributed by atoms with Crippen LogP contribution in [-0.2, 0) is 6.42 Å². The molecule has 96 valence electrons. The fourth-order valence-electron chi connectivity index (χ4n) is 2.05. The first kappa shape index (κ1) is 12.9. The fraction of sp³-hybridized carbons (Fsp3) is 0.125. The molecule has 2 aromatic heterocycles. The van der Waals surface area contributed by atoms with Crippen LogP contribution in [0.15, 0.2) is 48.5 Å². The Labute approximate surface area is 126 Å². The molecule has 0 saturated carbocycles. The van der Waals surface area contributed by atoms with E-state index >= 15 is 0 Å². The van der Waals surface area contributed by atoms with Crippen LogP contribution < -0.4 is 0 Å². The summed E-state index contributed by atoms with van der Waals surface area (Å²) in [5.41, 5.74) is 2.76. The van der Waals surface area contributed by atoms with E-state index in [0.29, 0.717) is 0 Å². The molecule has 0 nitrogen and oxygen atoms in total. The van der Waals surface area contributed by atoms with Gasteiger partial charge in [-0.25, -0.2) is 0 Å². The third-order valence-electron chi connectivity index (χ3n) is 3.10. The molecule has 3 rings (SSSR count). The lowest BCUT2D eigenvalue weighted by molar-refractivity contribution is 1.19. The van der Waals surface area contributed by atoms with Crippen LogP contribution in [0.5, 0.6) is 0 Å². The number of hydrogen-bond acceptors (Lipinski definition) is 2. The minimum Gasteiger partial charge on any atom is -0.139 e. The Kier molecular flexibility index (Phi) is 3.74. The second-order valence-corrected chi connectivity index (χ2v) is 7.36. The van der Waals surface area contributed by atoms with E-state index in [9.17, 15) is 0 Å². The largest absolute Gasteiger partial charge is 0.139 e. The Morgan fingerprint density at radius 2 is 1.63 bits per heavy atom. The Morgan fingerprint density at radius 1 is 0.895 bits per heavy atom. The van der Waals surface area contributed by atoms with Gasteiger partial charge in [0.25, 0.3) is 0 Å². The van der Waals surface area contributed by atoms with Crippen molar-refractivity contribution in [2.45, 2.75) is 13.3 Å². The first-order valence-corrected chi connectivity index (χ1v) is 8.12. The summed E-state index contributed by atoms with van der Waals surface area (Å²) in [6, 6.07) is 17.0. The summed E-state index contributed by atoms with van der Waals surface area (Å²) in [5.74, 6) is 0. The van der Waals surface area contributed by atoms with E-state index in [1.54, 1.807) is 11.3 Å². The third-order valence-corrected chi connectivity index (χ3v) is 5.62. The lowest BCUT2D eigenvalue weighted by Gasteiger charge is -2.02. The average Bonchev–Trinajstić information content (AvgIpc) is 3.01. The van der Waals surface area contributed by atoms with Gasteiger partial charge >= 0.3 is 0 Å². The molecule has 0 aliphatic heterocycles. The fourth-order valence-corrected chi connectivity index (χ4v) is 4.21. The van der Waals surface area contributed by atoms with Gasteiger partial charge in [0.1, 0.15) is 0 Å². The molecule has 0 radical (unpaired) electrons. The van der Waals surface area contributed by atoms with Crippen LogP contribution in [0.4, 0.5) is 0 Å². The summed E-state index contributed by atoms with van der Waals surface area (Å²) in [5, 5.41) is 0. The zero-order valence-corrected chi connectivity index (χ0v) is 12.9. The van der Waals surface area contributed by atoms with E-state index in [-0.39, 0.29) is 0 Å². The van der Waals surface area contributed by atoms with Crippen LogP contribution in [0.2, 0.25) is 4.34 Å². The standard InChI is InChI=1S/C16H13ClS2/c1-11-4-2-3-5-12(11)10-13-6-7-14(18-13)15-8-9-16(17)19-15/h2-9H,10H2,1H3. The molecule has 0 N–H and O–H groups in total. The molecule has 0 spiro atoms.